The standard InChI is InChI=1S/C11H12N4O4/c1-2-18-9-5-3-4-8(11(9)15(16)17)12-6-10-13-7-19-14-10/h3-5,7,12H,2,6H2,1H3. The van der Waals surface area contributed by atoms with Crippen molar-refractivity contribution >= 4 is 11.4 Å². The lowest BCUT2D eigenvalue weighted by atomic mass is 10.2. The van der Waals surface area contributed by atoms with Gasteiger partial charge in [0.25, 0.3) is 0 Å². The molecule has 0 aliphatic heterocycles. The molecule has 2 aromatic rings. The quantitative estimate of drug-likeness (QED) is 0.628. The third kappa shape index (κ3) is 2.97. The van der Waals surface area contributed by atoms with Crippen LogP contribution in [0.25, 0.3) is 0 Å². The lowest BCUT2D eigenvalue weighted by Gasteiger charge is -2.09. The number of nitro benzene ring substituents is 1. The Morgan fingerprint density at radius 3 is 3.00 bits per heavy atom. The summed E-state index contributed by atoms with van der Waals surface area (Å²) in [6, 6.07) is 4.83. The molecule has 0 saturated carbocycles. The predicted octanol–water partition coefficient (Wildman–Crippen LogP) is 1.99. The van der Waals surface area contributed by atoms with Crippen LogP contribution in [0, 0.1) is 10.1 Å². The summed E-state index contributed by atoms with van der Waals surface area (Å²) >= 11 is 0. The molecule has 8 heteroatoms. The highest BCUT2D eigenvalue weighted by Crippen LogP contribution is 2.34. The normalized spacial score (nSPS) is 10.2. The first-order valence-corrected chi connectivity index (χ1v) is 5.61. The Balaban J connectivity index is 2.23. The fourth-order valence-electron chi connectivity index (χ4n) is 1.57. The van der Waals surface area contributed by atoms with Crippen molar-refractivity contribution in [3.8, 4) is 5.75 Å². The van der Waals surface area contributed by atoms with E-state index in [1.807, 2.05) is 0 Å². The number of hydrogen-bond donors (Lipinski definition) is 1. The lowest BCUT2D eigenvalue weighted by Crippen LogP contribution is -2.05. The van der Waals surface area contributed by atoms with E-state index in [1.54, 1.807) is 25.1 Å². The molecule has 0 fully saturated rings. The number of nitro groups is 1. The molecule has 0 atom stereocenters. The molecule has 0 spiro atoms. The van der Waals surface area contributed by atoms with Crippen molar-refractivity contribution in [2.24, 2.45) is 0 Å². The predicted molar refractivity (Wildman–Crippen MR) is 65.9 cm³/mol. The Labute approximate surface area is 108 Å². The van der Waals surface area contributed by atoms with Gasteiger partial charge in [-0.1, -0.05) is 11.2 Å². The van der Waals surface area contributed by atoms with Crippen LogP contribution in [0.1, 0.15) is 12.7 Å². The zero-order chi connectivity index (χ0) is 13.7. The molecule has 0 aliphatic rings. The van der Waals surface area contributed by atoms with Crippen molar-refractivity contribution < 1.29 is 14.2 Å². The van der Waals surface area contributed by atoms with Gasteiger partial charge in [-0.05, 0) is 19.1 Å². The van der Waals surface area contributed by atoms with Gasteiger partial charge in [0, 0.05) is 0 Å². The molecule has 2 rings (SSSR count). The van der Waals surface area contributed by atoms with Crippen LogP contribution in [0.3, 0.4) is 0 Å². The Hall–Kier alpha value is -2.64. The number of hydrogen-bond acceptors (Lipinski definition) is 7. The second kappa shape index (κ2) is 5.80. The minimum absolute atomic E-state index is 0.104. The Morgan fingerprint density at radius 1 is 1.53 bits per heavy atom. The Kier molecular flexibility index (Phi) is 3.91. The SMILES string of the molecule is CCOc1cccc(NCc2ncon2)c1[N+](=O)[O-]. The number of benzene rings is 1. The molecule has 1 N–H and O–H groups in total. The Bertz CT molecular complexity index is 556. The van der Waals surface area contributed by atoms with Gasteiger partial charge in [-0.25, -0.2) is 0 Å². The summed E-state index contributed by atoms with van der Waals surface area (Å²) < 4.78 is 9.83. The molecule has 0 bridgehead atoms. The van der Waals surface area contributed by atoms with E-state index in [4.69, 9.17) is 4.74 Å². The first-order valence-electron chi connectivity index (χ1n) is 5.61. The van der Waals surface area contributed by atoms with Crippen LogP contribution in [0.5, 0.6) is 5.75 Å². The van der Waals surface area contributed by atoms with E-state index in [2.05, 4.69) is 20.0 Å². The van der Waals surface area contributed by atoms with Gasteiger partial charge in [0.05, 0.1) is 18.1 Å². The highest BCUT2D eigenvalue weighted by atomic mass is 16.6. The van der Waals surface area contributed by atoms with E-state index in [0.717, 1.165) is 0 Å². The van der Waals surface area contributed by atoms with Gasteiger partial charge in [-0.15, -0.1) is 0 Å². The fourth-order valence-corrected chi connectivity index (χ4v) is 1.57. The molecule has 0 saturated heterocycles. The van der Waals surface area contributed by atoms with E-state index in [9.17, 15) is 10.1 Å². The highest BCUT2D eigenvalue weighted by molar-refractivity contribution is 5.68. The van der Waals surface area contributed by atoms with Crippen LogP contribution in [0.2, 0.25) is 0 Å². The van der Waals surface area contributed by atoms with E-state index >= 15 is 0 Å². The summed E-state index contributed by atoms with van der Waals surface area (Å²) in [5.41, 5.74) is 0.244. The topological polar surface area (TPSA) is 103 Å². The molecule has 0 radical (unpaired) electrons. The number of para-hydroxylation sites is 1. The number of aromatic nitrogens is 2. The van der Waals surface area contributed by atoms with Crippen molar-refractivity contribution in [2.45, 2.75) is 13.5 Å². The van der Waals surface area contributed by atoms with E-state index in [0.29, 0.717) is 18.1 Å². The zero-order valence-electron chi connectivity index (χ0n) is 10.2. The summed E-state index contributed by atoms with van der Waals surface area (Å²) in [6.45, 7) is 2.35. The van der Waals surface area contributed by atoms with Crippen LogP contribution >= 0.6 is 0 Å². The maximum absolute atomic E-state index is 11.1. The third-order valence-corrected chi connectivity index (χ3v) is 2.33. The molecule has 1 heterocycles. The van der Waals surface area contributed by atoms with Gasteiger partial charge in [0.2, 0.25) is 6.39 Å². The fraction of sp³-hybridized carbons (Fsp3) is 0.273. The molecule has 100 valence electrons. The van der Waals surface area contributed by atoms with E-state index in [-0.39, 0.29) is 18.0 Å². The number of nitrogens with zero attached hydrogens (tertiary/aromatic N) is 3. The van der Waals surface area contributed by atoms with Crippen molar-refractivity contribution in [1.29, 1.82) is 0 Å². The van der Waals surface area contributed by atoms with Crippen LogP contribution in [0.15, 0.2) is 29.1 Å². The van der Waals surface area contributed by atoms with Crippen LogP contribution in [-0.2, 0) is 6.54 Å². The number of rotatable bonds is 6. The van der Waals surface area contributed by atoms with Gasteiger partial charge in [0.15, 0.2) is 11.6 Å². The van der Waals surface area contributed by atoms with Crippen molar-refractivity contribution in [1.82, 2.24) is 10.1 Å². The minimum Gasteiger partial charge on any atom is -0.487 e. The highest BCUT2D eigenvalue weighted by Gasteiger charge is 2.20. The number of nitrogens with one attached hydrogen (secondary N) is 1. The molecule has 0 amide bonds. The van der Waals surface area contributed by atoms with Gasteiger partial charge in [-0.3, -0.25) is 10.1 Å². The third-order valence-electron chi connectivity index (χ3n) is 2.33. The first kappa shape index (κ1) is 12.8. The summed E-state index contributed by atoms with van der Waals surface area (Å²) in [6.07, 6.45) is 1.20. The minimum atomic E-state index is -0.483. The van der Waals surface area contributed by atoms with E-state index in [1.165, 1.54) is 6.39 Å². The number of anilines is 1. The summed E-state index contributed by atoms with van der Waals surface area (Å²) in [5.74, 6) is 0.640. The van der Waals surface area contributed by atoms with Crippen LogP contribution < -0.4 is 10.1 Å². The van der Waals surface area contributed by atoms with Crippen molar-refractivity contribution in [2.75, 3.05) is 11.9 Å². The van der Waals surface area contributed by atoms with Gasteiger partial charge >= 0.3 is 5.69 Å². The molecular formula is C11H12N4O4. The first-order chi connectivity index (χ1) is 9.22. The summed E-state index contributed by atoms with van der Waals surface area (Å²) in [7, 11) is 0. The molecule has 0 unspecified atom stereocenters. The molecule has 8 nitrogen and oxygen atoms in total. The van der Waals surface area contributed by atoms with Gasteiger partial charge < -0.3 is 14.6 Å². The molecule has 1 aromatic heterocycles. The maximum atomic E-state index is 11.1. The second-order valence-electron chi connectivity index (χ2n) is 3.54. The van der Waals surface area contributed by atoms with Gasteiger partial charge in [-0.2, -0.15) is 4.98 Å². The van der Waals surface area contributed by atoms with E-state index < -0.39 is 4.92 Å². The molecule has 19 heavy (non-hydrogen) atoms. The molecule has 0 aliphatic carbocycles. The van der Waals surface area contributed by atoms with Crippen LogP contribution in [-0.4, -0.2) is 21.7 Å². The average molecular weight is 264 g/mol. The molecular weight excluding hydrogens is 252 g/mol. The second-order valence-corrected chi connectivity index (χ2v) is 3.54. The van der Waals surface area contributed by atoms with Crippen LogP contribution in [0.4, 0.5) is 11.4 Å². The zero-order valence-corrected chi connectivity index (χ0v) is 10.2. The van der Waals surface area contributed by atoms with Crippen molar-refractivity contribution in [3.05, 3.63) is 40.5 Å². The number of ether oxygens (including phenoxy) is 1. The summed E-state index contributed by atoms with van der Waals surface area (Å²) in [4.78, 5) is 14.5. The monoisotopic (exact) mass is 264 g/mol. The lowest BCUT2D eigenvalue weighted by molar-refractivity contribution is -0.384. The molecule has 1 aromatic carbocycles. The smallest absolute Gasteiger partial charge is 0.333 e. The Morgan fingerprint density at radius 2 is 2.37 bits per heavy atom. The maximum Gasteiger partial charge on any atom is 0.333 e. The summed E-state index contributed by atoms with van der Waals surface area (Å²) in [5, 5.41) is 17.6. The largest absolute Gasteiger partial charge is 0.487 e. The van der Waals surface area contributed by atoms with Gasteiger partial charge in [0.1, 0.15) is 5.69 Å². The average Bonchev–Trinajstić information content (AvgIpc) is 2.89. The van der Waals surface area contributed by atoms with Crippen molar-refractivity contribution in [3.63, 3.8) is 0 Å².